The molecule has 19 heavy (non-hydrogen) atoms. The highest BCUT2D eigenvalue weighted by Crippen LogP contribution is 2.27. The summed E-state index contributed by atoms with van der Waals surface area (Å²) in [5.74, 6) is 0.562. The SMILES string of the molecule is Cc1ccc2cc(C(=O)C3CCCCC3)ccc2n1. The standard InChI is InChI=1S/C17H19NO/c1-12-7-8-14-11-15(9-10-16(14)18-12)17(19)13-5-3-2-4-6-13/h7-11,13H,2-6H2,1H3. The maximum atomic E-state index is 12.5. The summed E-state index contributed by atoms with van der Waals surface area (Å²) in [4.78, 5) is 17.0. The normalized spacial score (nSPS) is 16.7. The van der Waals surface area contributed by atoms with E-state index in [0.29, 0.717) is 5.78 Å². The zero-order valence-corrected chi connectivity index (χ0v) is 11.4. The summed E-state index contributed by atoms with van der Waals surface area (Å²) in [6, 6.07) is 9.95. The van der Waals surface area contributed by atoms with Gasteiger partial charge in [0.15, 0.2) is 5.78 Å². The second-order valence-corrected chi connectivity index (χ2v) is 5.56. The van der Waals surface area contributed by atoms with Gasteiger partial charge in [0, 0.05) is 22.6 Å². The maximum absolute atomic E-state index is 12.5. The molecule has 1 fully saturated rings. The molecule has 2 aromatic rings. The number of benzene rings is 1. The van der Waals surface area contributed by atoms with Crippen molar-refractivity contribution in [3.05, 3.63) is 41.6 Å². The Morgan fingerprint density at radius 1 is 1.11 bits per heavy atom. The second-order valence-electron chi connectivity index (χ2n) is 5.56. The molecule has 2 heteroatoms. The molecule has 1 saturated carbocycles. The van der Waals surface area contributed by atoms with E-state index in [2.05, 4.69) is 11.1 Å². The Kier molecular flexibility index (Phi) is 3.33. The summed E-state index contributed by atoms with van der Waals surface area (Å²) in [6.45, 7) is 1.99. The molecule has 0 amide bonds. The van der Waals surface area contributed by atoms with E-state index in [-0.39, 0.29) is 5.92 Å². The van der Waals surface area contributed by atoms with E-state index in [1.165, 1.54) is 19.3 Å². The Hall–Kier alpha value is -1.70. The van der Waals surface area contributed by atoms with Crippen molar-refractivity contribution in [3.8, 4) is 0 Å². The molecular formula is C17H19NO. The summed E-state index contributed by atoms with van der Waals surface area (Å²) in [6.07, 6.45) is 5.80. The predicted molar refractivity (Wildman–Crippen MR) is 77.4 cm³/mol. The van der Waals surface area contributed by atoms with Gasteiger partial charge in [-0.1, -0.05) is 25.3 Å². The lowest BCUT2D eigenvalue weighted by Gasteiger charge is -2.20. The number of rotatable bonds is 2. The van der Waals surface area contributed by atoms with E-state index in [0.717, 1.165) is 35.0 Å². The lowest BCUT2D eigenvalue weighted by Crippen LogP contribution is -2.17. The number of aromatic nitrogens is 1. The molecule has 1 aromatic carbocycles. The Morgan fingerprint density at radius 2 is 1.89 bits per heavy atom. The van der Waals surface area contributed by atoms with E-state index in [4.69, 9.17) is 0 Å². The zero-order valence-electron chi connectivity index (χ0n) is 11.4. The summed E-state index contributed by atoms with van der Waals surface area (Å²) in [5.41, 5.74) is 2.84. The number of carbonyl (C=O) groups excluding carboxylic acids is 1. The van der Waals surface area contributed by atoms with Gasteiger partial charge >= 0.3 is 0 Å². The van der Waals surface area contributed by atoms with E-state index in [9.17, 15) is 4.79 Å². The molecular weight excluding hydrogens is 234 g/mol. The van der Waals surface area contributed by atoms with Crippen LogP contribution in [0.1, 0.15) is 48.2 Å². The fraction of sp³-hybridized carbons (Fsp3) is 0.412. The third kappa shape index (κ3) is 2.53. The molecule has 0 saturated heterocycles. The number of aryl methyl sites for hydroxylation is 1. The molecule has 0 spiro atoms. The van der Waals surface area contributed by atoms with Gasteiger partial charge in [0.05, 0.1) is 5.52 Å². The number of hydrogen-bond donors (Lipinski definition) is 0. The van der Waals surface area contributed by atoms with Crippen molar-refractivity contribution in [2.24, 2.45) is 5.92 Å². The average Bonchev–Trinajstić information content (AvgIpc) is 2.47. The van der Waals surface area contributed by atoms with Crippen molar-refractivity contribution >= 4 is 16.7 Å². The fourth-order valence-corrected chi connectivity index (χ4v) is 2.98. The highest BCUT2D eigenvalue weighted by atomic mass is 16.1. The highest BCUT2D eigenvalue weighted by Gasteiger charge is 2.22. The molecule has 0 N–H and O–H groups in total. The van der Waals surface area contributed by atoms with Gasteiger partial charge in [-0.3, -0.25) is 9.78 Å². The number of ketones is 1. The molecule has 0 unspecified atom stereocenters. The van der Waals surface area contributed by atoms with Crippen molar-refractivity contribution in [1.82, 2.24) is 4.98 Å². The highest BCUT2D eigenvalue weighted by molar-refractivity contribution is 6.00. The smallest absolute Gasteiger partial charge is 0.165 e. The van der Waals surface area contributed by atoms with Gasteiger partial charge in [-0.25, -0.2) is 0 Å². The van der Waals surface area contributed by atoms with Gasteiger partial charge in [-0.2, -0.15) is 0 Å². The number of hydrogen-bond acceptors (Lipinski definition) is 2. The summed E-state index contributed by atoms with van der Waals surface area (Å²) in [5, 5.41) is 1.06. The van der Waals surface area contributed by atoms with Crippen LogP contribution in [0.5, 0.6) is 0 Å². The first kappa shape index (κ1) is 12.3. The van der Waals surface area contributed by atoms with E-state index in [1.54, 1.807) is 0 Å². The third-order valence-electron chi connectivity index (χ3n) is 4.09. The van der Waals surface area contributed by atoms with Gasteiger partial charge in [0.1, 0.15) is 0 Å². The Bertz CT molecular complexity index is 612. The molecule has 0 atom stereocenters. The van der Waals surface area contributed by atoms with Crippen molar-refractivity contribution in [2.75, 3.05) is 0 Å². The van der Waals surface area contributed by atoms with Crippen LogP contribution in [0, 0.1) is 12.8 Å². The first-order valence-electron chi connectivity index (χ1n) is 7.16. The third-order valence-corrected chi connectivity index (χ3v) is 4.09. The van der Waals surface area contributed by atoms with E-state index >= 15 is 0 Å². The van der Waals surface area contributed by atoms with Crippen LogP contribution < -0.4 is 0 Å². The van der Waals surface area contributed by atoms with Crippen LogP contribution in [0.3, 0.4) is 0 Å². The number of carbonyl (C=O) groups is 1. The number of nitrogens with zero attached hydrogens (tertiary/aromatic N) is 1. The second kappa shape index (κ2) is 5.12. The van der Waals surface area contributed by atoms with Gasteiger partial charge in [0.25, 0.3) is 0 Å². The van der Waals surface area contributed by atoms with Crippen LogP contribution in [0.4, 0.5) is 0 Å². The van der Waals surface area contributed by atoms with E-state index < -0.39 is 0 Å². The van der Waals surface area contributed by atoms with Crippen molar-refractivity contribution in [3.63, 3.8) is 0 Å². The molecule has 0 aliphatic heterocycles. The molecule has 98 valence electrons. The molecule has 1 aliphatic carbocycles. The molecule has 1 aliphatic rings. The van der Waals surface area contributed by atoms with Crippen LogP contribution in [0.2, 0.25) is 0 Å². The first-order valence-corrected chi connectivity index (χ1v) is 7.16. The van der Waals surface area contributed by atoms with Gasteiger partial charge in [0.2, 0.25) is 0 Å². The van der Waals surface area contributed by atoms with Crippen LogP contribution in [0.25, 0.3) is 10.9 Å². The molecule has 2 nitrogen and oxygen atoms in total. The van der Waals surface area contributed by atoms with Gasteiger partial charge < -0.3 is 0 Å². The number of pyridine rings is 1. The van der Waals surface area contributed by atoms with Crippen LogP contribution in [-0.2, 0) is 0 Å². The first-order chi connectivity index (χ1) is 9.24. The lowest BCUT2D eigenvalue weighted by atomic mass is 9.83. The zero-order chi connectivity index (χ0) is 13.2. The Balaban J connectivity index is 1.92. The lowest BCUT2D eigenvalue weighted by molar-refractivity contribution is 0.0889. The topological polar surface area (TPSA) is 30.0 Å². The van der Waals surface area contributed by atoms with Gasteiger partial charge in [-0.05, 0) is 44.0 Å². The summed E-state index contributed by atoms with van der Waals surface area (Å²) >= 11 is 0. The van der Waals surface area contributed by atoms with Crippen molar-refractivity contribution in [1.29, 1.82) is 0 Å². The molecule has 1 aromatic heterocycles. The van der Waals surface area contributed by atoms with Crippen LogP contribution in [0.15, 0.2) is 30.3 Å². The fourth-order valence-electron chi connectivity index (χ4n) is 2.98. The summed E-state index contributed by atoms with van der Waals surface area (Å²) in [7, 11) is 0. The minimum absolute atomic E-state index is 0.240. The molecule has 0 radical (unpaired) electrons. The predicted octanol–water partition coefficient (Wildman–Crippen LogP) is 4.31. The van der Waals surface area contributed by atoms with Crippen molar-refractivity contribution < 1.29 is 4.79 Å². The number of Topliss-reactive ketones (excluding diaryl/α,β-unsaturated/α-hetero) is 1. The van der Waals surface area contributed by atoms with Crippen molar-refractivity contribution in [2.45, 2.75) is 39.0 Å². The minimum atomic E-state index is 0.240. The van der Waals surface area contributed by atoms with Crippen LogP contribution in [-0.4, -0.2) is 10.8 Å². The van der Waals surface area contributed by atoms with Crippen LogP contribution >= 0.6 is 0 Å². The molecule has 0 bridgehead atoms. The summed E-state index contributed by atoms with van der Waals surface area (Å²) < 4.78 is 0. The monoisotopic (exact) mass is 253 g/mol. The quantitative estimate of drug-likeness (QED) is 0.747. The largest absolute Gasteiger partial charge is 0.294 e. The number of fused-ring (bicyclic) bond motifs is 1. The molecule has 1 heterocycles. The Morgan fingerprint density at radius 3 is 2.68 bits per heavy atom. The Labute approximate surface area is 113 Å². The minimum Gasteiger partial charge on any atom is -0.294 e. The van der Waals surface area contributed by atoms with E-state index in [1.807, 2.05) is 31.2 Å². The maximum Gasteiger partial charge on any atom is 0.165 e. The average molecular weight is 253 g/mol. The van der Waals surface area contributed by atoms with Gasteiger partial charge in [-0.15, -0.1) is 0 Å². The molecule has 3 rings (SSSR count).